The molecule has 3 N–H and O–H groups in total. The van der Waals surface area contributed by atoms with Gasteiger partial charge < -0.3 is 11.1 Å². The number of carbonyl (C=O) groups is 3. The highest BCUT2D eigenvalue weighted by Gasteiger charge is 2.33. The van der Waals surface area contributed by atoms with E-state index in [0.29, 0.717) is 23.6 Å². The second kappa shape index (κ2) is 6.27. The first kappa shape index (κ1) is 16.2. The van der Waals surface area contributed by atoms with Crippen LogP contribution in [0.15, 0.2) is 18.2 Å². The van der Waals surface area contributed by atoms with Crippen molar-refractivity contribution in [3.8, 4) is 0 Å². The van der Waals surface area contributed by atoms with Crippen LogP contribution < -0.4 is 11.1 Å². The van der Waals surface area contributed by atoms with Gasteiger partial charge in [0.15, 0.2) is 0 Å². The third-order valence-corrected chi connectivity index (χ3v) is 3.73. The van der Waals surface area contributed by atoms with Gasteiger partial charge in [-0.1, -0.05) is 13.8 Å². The van der Waals surface area contributed by atoms with Crippen LogP contribution in [-0.2, 0) is 0 Å². The van der Waals surface area contributed by atoms with Crippen molar-refractivity contribution in [3.63, 3.8) is 0 Å². The van der Waals surface area contributed by atoms with Gasteiger partial charge in [-0.25, -0.2) is 0 Å². The smallest absolute Gasteiger partial charge is 0.261 e. The zero-order valence-corrected chi connectivity index (χ0v) is 13.1. The molecule has 3 amide bonds. The lowest BCUT2D eigenvalue weighted by molar-refractivity contribution is 0.0693. The normalized spacial score (nSPS) is 15.2. The number of nitrogens with one attached hydrogen (secondary N) is 1. The number of carbonyl (C=O) groups excluding carboxylic acids is 3. The first-order chi connectivity index (χ1) is 10.3. The van der Waals surface area contributed by atoms with Gasteiger partial charge >= 0.3 is 0 Å². The molecule has 0 spiro atoms. The maximum Gasteiger partial charge on any atom is 0.261 e. The Morgan fingerprint density at radius 2 is 1.86 bits per heavy atom. The Kier molecular flexibility index (Phi) is 4.61. The summed E-state index contributed by atoms with van der Waals surface area (Å²) in [7, 11) is 1.43. The molecule has 0 aromatic heterocycles. The molecule has 1 aliphatic heterocycles. The number of rotatable bonds is 5. The highest BCUT2D eigenvalue weighted by molar-refractivity contribution is 6.21. The Balaban J connectivity index is 2.19. The summed E-state index contributed by atoms with van der Waals surface area (Å²) in [5.74, 6) is -0.589. The summed E-state index contributed by atoms with van der Waals surface area (Å²) in [6, 6.07) is 4.44. The summed E-state index contributed by atoms with van der Waals surface area (Å²) in [6.45, 7) is 4.48. The molecule has 118 valence electrons. The van der Waals surface area contributed by atoms with Crippen molar-refractivity contribution in [2.45, 2.75) is 26.3 Å². The fourth-order valence-electron chi connectivity index (χ4n) is 2.55. The van der Waals surface area contributed by atoms with E-state index in [0.717, 1.165) is 11.3 Å². The lowest BCUT2D eigenvalue weighted by atomic mass is 10.0. The number of imide groups is 1. The van der Waals surface area contributed by atoms with Crippen LogP contribution in [0.3, 0.4) is 0 Å². The molecule has 1 aromatic rings. The average molecular weight is 303 g/mol. The van der Waals surface area contributed by atoms with Gasteiger partial charge in [0, 0.05) is 25.2 Å². The average Bonchev–Trinajstić information content (AvgIpc) is 2.70. The van der Waals surface area contributed by atoms with Crippen LogP contribution in [-0.4, -0.2) is 42.3 Å². The van der Waals surface area contributed by atoms with Gasteiger partial charge in [-0.3, -0.25) is 19.3 Å². The van der Waals surface area contributed by atoms with E-state index < -0.39 is 0 Å². The van der Waals surface area contributed by atoms with Crippen LogP contribution in [0.2, 0.25) is 0 Å². The number of hydrogen-bond acceptors (Lipinski definition) is 4. The molecule has 1 heterocycles. The van der Waals surface area contributed by atoms with Crippen molar-refractivity contribution in [2.24, 2.45) is 11.7 Å². The van der Waals surface area contributed by atoms with Gasteiger partial charge in [0.25, 0.3) is 17.7 Å². The number of nitrogens with two attached hydrogens (primary N) is 1. The van der Waals surface area contributed by atoms with E-state index in [1.54, 1.807) is 6.07 Å². The molecule has 0 bridgehead atoms. The predicted octanol–water partition coefficient (Wildman–Crippen LogP) is 1.02. The van der Waals surface area contributed by atoms with Crippen molar-refractivity contribution in [1.82, 2.24) is 10.2 Å². The molecule has 0 saturated heterocycles. The number of benzene rings is 1. The molecule has 6 nitrogen and oxygen atoms in total. The van der Waals surface area contributed by atoms with Crippen LogP contribution in [0.1, 0.15) is 51.3 Å². The van der Waals surface area contributed by atoms with Gasteiger partial charge in [0.05, 0.1) is 11.1 Å². The van der Waals surface area contributed by atoms with Crippen molar-refractivity contribution in [1.29, 1.82) is 0 Å². The number of hydrogen-bond donors (Lipinski definition) is 2. The molecular weight excluding hydrogens is 282 g/mol. The third kappa shape index (κ3) is 3.01. The molecule has 6 heteroatoms. The molecule has 1 aromatic carbocycles. The minimum absolute atomic E-state index is 0.110. The third-order valence-electron chi connectivity index (χ3n) is 3.73. The van der Waals surface area contributed by atoms with Crippen molar-refractivity contribution in [3.05, 3.63) is 34.9 Å². The molecule has 1 unspecified atom stereocenters. The highest BCUT2D eigenvalue weighted by Crippen LogP contribution is 2.22. The largest absolute Gasteiger partial charge is 0.348 e. The predicted molar refractivity (Wildman–Crippen MR) is 82.6 cm³/mol. The van der Waals surface area contributed by atoms with Crippen LogP contribution in [0.25, 0.3) is 0 Å². The zero-order valence-electron chi connectivity index (χ0n) is 13.1. The van der Waals surface area contributed by atoms with Gasteiger partial charge in [0.2, 0.25) is 0 Å². The van der Waals surface area contributed by atoms with E-state index in [-0.39, 0.29) is 29.3 Å². The zero-order chi connectivity index (χ0) is 16.4. The Hall–Kier alpha value is -2.21. The highest BCUT2D eigenvalue weighted by atomic mass is 16.2. The topological polar surface area (TPSA) is 92.5 Å². The molecule has 22 heavy (non-hydrogen) atoms. The SMILES string of the molecule is CC(C)CC(CN)NC(=O)c1ccc2c(c1)C(=O)N(C)C2=O. The lowest BCUT2D eigenvalue weighted by Crippen LogP contribution is -2.41. The first-order valence-electron chi connectivity index (χ1n) is 7.32. The van der Waals surface area contributed by atoms with E-state index in [1.807, 2.05) is 0 Å². The molecule has 0 saturated carbocycles. The van der Waals surface area contributed by atoms with Crippen molar-refractivity contribution in [2.75, 3.05) is 13.6 Å². The van der Waals surface area contributed by atoms with Crippen molar-refractivity contribution < 1.29 is 14.4 Å². The van der Waals surface area contributed by atoms with Gasteiger partial charge in [0.1, 0.15) is 0 Å². The number of amides is 3. The molecule has 0 aliphatic carbocycles. The molecule has 1 atom stereocenters. The summed E-state index contributed by atoms with van der Waals surface area (Å²) < 4.78 is 0. The fourth-order valence-corrected chi connectivity index (χ4v) is 2.55. The van der Waals surface area contributed by atoms with Gasteiger partial charge in [-0.2, -0.15) is 0 Å². The van der Waals surface area contributed by atoms with Crippen LogP contribution in [0.4, 0.5) is 0 Å². The van der Waals surface area contributed by atoms with Crippen LogP contribution >= 0.6 is 0 Å². The quantitative estimate of drug-likeness (QED) is 0.794. The Morgan fingerprint density at radius 3 is 2.45 bits per heavy atom. The summed E-state index contributed by atoms with van der Waals surface area (Å²) >= 11 is 0. The minimum atomic E-state index is -0.382. The fraction of sp³-hybridized carbons (Fsp3) is 0.438. The first-order valence-corrected chi connectivity index (χ1v) is 7.32. The monoisotopic (exact) mass is 303 g/mol. The lowest BCUT2D eigenvalue weighted by Gasteiger charge is -2.18. The molecule has 1 aliphatic rings. The Bertz CT molecular complexity index is 625. The Labute approximate surface area is 129 Å². The van der Waals surface area contributed by atoms with Crippen molar-refractivity contribution >= 4 is 17.7 Å². The summed E-state index contributed by atoms with van der Waals surface area (Å²) in [4.78, 5) is 37.1. The Morgan fingerprint density at radius 1 is 1.23 bits per heavy atom. The summed E-state index contributed by atoms with van der Waals surface area (Å²) in [5, 5.41) is 2.87. The van der Waals surface area contributed by atoms with E-state index in [9.17, 15) is 14.4 Å². The number of nitrogens with zero attached hydrogens (tertiary/aromatic N) is 1. The maximum atomic E-state index is 12.3. The van der Waals surface area contributed by atoms with E-state index in [1.165, 1.54) is 19.2 Å². The molecule has 2 rings (SSSR count). The van der Waals surface area contributed by atoms with Crippen LogP contribution in [0.5, 0.6) is 0 Å². The van der Waals surface area contributed by atoms with E-state index in [4.69, 9.17) is 5.73 Å². The standard InChI is InChI=1S/C16H21N3O3/c1-9(2)6-11(8-17)18-14(20)10-4-5-12-13(7-10)16(22)19(3)15(12)21/h4-5,7,9,11H,6,8,17H2,1-3H3,(H,18,20). The molecule has 0 fully saturated rings. The van der Waals surface area contributed by atoms with Gasteiger partial charge in [-0.05, 0) is 30.5 Å². The van der Waals surface area contributed by atoms with Crippen LogP contribution in [0, 0.1) is 5.92 Å². The molecule has 0 radical (unpaired) electrons. The van der Waals surface area contributed by atoms with E-state index >= 15 is 0 Å². The second-order valence-electron chi connectivity index (χ2n) is 5.97. The maximum absolute atomic E-state index is 12.3. The minimum Gasteiger partial charge on any atom is -0.348 e. The van der Waals surface area contributed by atoms with E-state index in [2.05, 4.69) is 19.2 Å². The summed E-state index contributed by atoms with van der Waals surface area (Å²) in [5.41, 5.74) is 6.64. The molecular formula is C16H21N3O3. The summed E-state index contributed by atoms with van der Waals surface area (Å²) in [6.07, 6.45) is 0.785. The van der Waals surface area contributed by atoms with Gasteiger partial charge in [-0.15, -0.1) is 0 Å². The number of fused-ring (bicyclic) bond motifs is 1. The second-order valence-corrected chi connectivity index (χ2v) is 5.97.